The van der Waals surface area contributed by atoms with E-state index in [1.807, 2.05) is 35.8 Å². The van der Waals surface area contributed by atoms with E-state index in [0.29, 0.717) is 17.9 Å². The lowest BCUT2D eigenvalue weighted by molar-refractivity contribution is -0.129. The van der Waals surface area contributed by atoms with E-state index in [0.717, 1.165) is 22.9 Å². The number of nitrogens with one attached hydrogen (secondary N) is 1. The van der Waals surface area contributed by atoms with E-state index < -0.39 is 0 Å². The molecule has 1 aromatic carbocycles. The van der Waals surface area contributed by atoms with Crippen LogP contribution in [0.1, 0.15) is 18.0 Å². The van der Waals surface area contributed by atoms with Crippen LogP contribution in [0.15, 0.2) is 41.5 Å². The van der Waals surface area contributed by atoms with Gasteiger partial charge >= 0.3 is 0 Å². The number of aromatic amines is 1. The molecule has 2 aromatic heterocycles. The molecule has 1 fully saturated rings. The van der Waals surface area contributed by atoms with Crippen LogP contribution in [0.3, 0.4) is 0 Å². The van der Waals surface area contributed by atoms with Crippen molar-refractivity contribution in [2.75, 3.05) is 13.6 Å². The van der Waals surface area contributed by atoms with Crippen LogP contribution in [0.2, 0.25) is 0 Å². The molecule has 1 unspecified atom stereocenters. The number of rotatable bonds is 2. The van der Waals surface area contributed by atoms with Crippen molar-refractivity contribution in [3.8, 4) is 11.4 Å². The number of fused-ring (bicyclic) bond motifs is 1. The lowest BCUT2D eigenvalue weighted by Crippen LogP contribution is -2.25. The zero-order chi connectivity index (χ0) is 16.8. The van der Waals surface area contributed by atoms with Crippen molar-refractivity contribution in [2.24, 2.45) is 0 Å². The van der Waals surface area contributed by atoms with Gasteiger partial charge in [0.05, 0.1) is 11.1 Å². The normalized spacial score (nSPS) is 17.8. The third-order valence-corrected chi connectivity index (χ3v) is 4.73. The van der Waals surface area contributed by atoms with Crippen LogP contribution in [-0.4, -0.2) is 38.9 Å². The zero-order valence-corrected chi connectivity index (χ0v) is 13.6. The Hall–Kier alpha value is -2.89. The summed E-state index contributed by atoms with van der Waals surface area (Å²) in [6.07, 6.45) is 4.14. The van der Waals surface area contributed by atoms with E-state index in [-0.39, 0.29) is 17.5 Å². The van der Waals surface area contributed by atoms with Gasteiger partial charge in [0.1, 0.15) is 11.9 Å². The number of nitrogens with zero attached hydrogens (tertiary/aromatic N) is 3. The molecular formula is C18H18N4O2. The maximum Gasteiger partial charge on any atom is 0.259 e. The summed E-state index contributed by atoms with van der Waals surface area (Å²) < 4.78 is 1.82. The van der Waals surface area contributed by atoms with Gasteiger partial charge in [0.25, 0.3) is 5.56 Å². The first-order valence-corrected chi connectivity index (χ1v) is 7.97. The molecule has 0 aliphatic carbocycles. The smallest absolute Gasteiger partial charge is 0.259 e. The van der Waals surface area contributed by atoms with Crippen molar-refractivity contribution >= 4 is 16.8 Å². The fourth-order valence-corrected chi connectivity index (χ4v) is 3.38. The maximum atomic E-state index is 12.6. The van der Waals surface area contributed by atoms with E-state index in [9.17, 15) is 9.59 Å². The lowest BCUT2D eigenvalue weighted by atomic mass is 10.1. The number of imidazole rings is 1. The van der Waals surface area contributed by atoms with Gasteiger partial charge in [0.2, 0.25) is 5.91 Å². The molecule has 1 saturated heterocycles. The summed E-state index contributed by atoms with van der Waals surface area (Å²) in [7, 11) is 1.80. The van der Waals surface area contributed by atoms with Crippen LogP contribution >= 0.6 is 0 Å². The molecule has 6 heteroatoms. The molecule has 1 aliphatic rings. The average molecular weight is 322 g/mol. The Morgan fingerprint density at radius 3 is 2.88 bits per heavy atom. The van der Waals surface area contributed by atoms with Crippen LogP contribution in [0.25, 0.3) is 22.3 Å². The van der Waals surface area contributed by atoms with Crippen molar-refractivity contribution in [3.63, 3.8) is 0 Å². The molecule has 0 spiro atoms. The molecule has 0 bridgehead atoms. The topological polar surface area (TPSA) is 71.0 Å². The predicted octanol–water partition coefficient (Wildman–Crippen LogP) is 2.10. The number of amides is 1. The van der Waals surface area contributed by atoms with E-state index in [2.05, 4.69) is 9.97 Å². The zero-order valence-electron chi connectivity index (χ0n) is 13.6. The van der Waals surface area contributed by atoms with E-state index in [1.54, 1.807) is 24.3 Å². The largest absolute Gasteiger partial charge is 0.344 e. The van der Waals surface area contributed by atoms with Crippen LogP contribution in [-0.2, 0) is 4.79 Å². The second-order valence-corrected chi connectivity index (χ2v) is 6.27. The predicted molar refractivity (Wildman–Crippen MR) is 91.8 cm³/mol. The molecule has 1 amide bonds. The number of pyridine rings is 1. The summed E-state index contributed by atoms with van der Waals surface area (Å²) in [6.45, 7) is 2.68. The summed E-state index contributed by atoms with van der Waals surface area (Å²) in [5.41, 5.74) is 2.15. The Kier molecular flexibility index (Phi) is 3.26. The number of carbonyl (C=O) groups is 1. The van der Waals surface area contributed by atoms with Gasteiger partial charge in [-0.25, -0.2) is 4.98 Å². The number of aryl methyl sites for hydroxylation is 1. The van der Waals surface area contributed by atoms with Crippen molar-refractivity contribution in [2.45, 2.75) is 19.4 Å². The highest BCUT2D eigenvalue weighted by Gasteiger charge is 2.32. The van der Waals surface area contributed by atoms with Crippen LogP contribution < -0.4 is 5.56 Å². The van der Waals surface area contributed by atoms with Crippen molar-refractivity contribution < 1.29 is 4.79 Å². The Labute approximate surface area is 138 Å². The number of H-pyrrole nitrogens is 1. The maximum absolute atomic E-state index is 12.6. The SMILES string of the molecule is Cc1cccc2cc(-c3nccn3C3CCN(C)C3=O)c(=O)[nH]c12. The van der Waals surface area contributed by atoms with Gasteiger partial charge in [-0.2, -0.15) is 0 Å². The highest BCUT2D eigenvalue weighted by Crippen LogP contribution is 2.27. The second kappa shape index (κ2) is 5.33. The summed E-state index contributed by atoms with van der Waals surface area (Å²) in [4.78, 5) is 33.9. The molecule has 1 N–H and O–H groups in total. The Bertz CT molecular complexity index is 1000. The molecule has 6 nitrogen and oxygen atoms in total. The first-order valence-electron chi connectivity index (χ1n) is 7.97. The summed E-state index contributed by atoms with van der Waals surface area (Å²) in [5.74, 6) is 0.593. The number of para-hydroxylation sites is 1. The monoisotopic (exact) mass is 322 g/mol. The number of aromatic nitrogens is 3. The third-order valence-electron chi connectivity index (χ3n) is 4.73. The number of carbonyl (C=O) groups excluding carboxylic acids is 1. The molecule has 0 saturated carbocycles. The van der Waals surface area contributed by atoms with Crippen LogP contribution in [0.4, 0.5) is 0 Å². The van der Waals surface area contributed by atoms with Crippen molar-refractivity contribution in [1.29, 1.82) is 0 Å². The van der Waals surface area contributed by atoms with Gasteiger partial charge in [-0.15, -0.1) is 0 Å². The Balaban J connectivity index is 1.88. The molecule has 4 rings (SSSR count). The highest BCUT2D eigenvalue weighted by molar-refractivity contribution is 5.86. The van der Waals surface area contributed by atoms with Gasteiger partial charge in [-0.3, -0.25) is 9.59 Å². The highest BCUT2D eigenvalue weighted by atomic mass is 16.2. The Morgan fingerprint density at radius 2 is 2.12 bits per heavy atom. The van der Waals surface area contributed by atoms with E-state index in [4.69, 9.17) is 0 Å². The standard InChI is InChI=1S/C18H18N4O2/c1-11-4-3-5-12-10-13(17(23)20-15(11)12)16-19-7-9-22(16)14-6-8-21(2)18(14)24/h3-5,7,9-10,14H,6,8H2,1-2H3,(H,20,23). The quantitative estimate of drug-likeness (QED) is 0.785. The first kappa shape index (κ1) is 14.7. The first-order chi connectivity index (χ1) is 11.6. The number of likely N-dealkylation sites (N-methyl/N-ethyl adjacent to an activating group) is 1. The van der Waals surface area contributed by atoms with Crippen LogP contribution in [0, 0.1) is 6.92 Å². The number of likely N-dealkylation sites (tertiary alicyclic amines) is 1. The lowest BCUT2D eigenvalue weighted by Gasteiger charge is -2.14. The second-order valence-electron chi connectivity index (χ2n) is 6.27. The fraction of sp³-hybridized carbons (Fsp3) is 0.278. The number of benzene rings is 1. The fourth-order valence-electron chi connectivity index (χ4n) is 3.38. The molecular weight excluding hydrogens is 304 g/mol. The molecule has 24 heavy (non-hydrogen) atoms. The summed E-state index contributed by atoms with van der Waals surface area (Å²) in [6, 6.07) is 7.44. The Morgan fingerprint density at radius 1 is 1.29 bits per heavy atom. The van der Waals surface area contributed by atoms with E-state index >= 15 is 0 Å². The molecule has 0 radical (unpaired) electrons. The minimum atomic E-state index is -0.292. The van der Waals surface area contributed by atoms with Crippen LogP contribution in [0.5, 0.6) is 0 Å². The van der Waals surface area contributed by atoms with Gasteiger partial charge in [0.15, 0.2) is 0 Å². The van der Waals surface area contributed by atoms with Gasteiger partial charge in [0, 0.05) is 26.0 Å². The summed E-state index contributed by atoms with van der Waals surface area (Å²) >= 11 is 0. The van der Waals surface area contributed by atoms with Crippen molar-refractivity contribution in [1.82, 2.24) is 19.4 Å². The summed E-state index contributed by atoms with van der Waals surface area (Å²) in [5, 5.41) is 0.953. The van der Waals surface area contributed by atoms with Gasteiger partial charge in [-0.05, 0) is 30.4 Å². The van der Waals surface area contributed by atoms with E-state index in [1.165, 1.54) is 0 Å². The van der Waals surface area contributed by atoms with Gasteiger partial charge < -0.3 is 14.5 Å². The molecule has 1 aliphatic heterocycles. The number of hydrogen-bond donors (Lipinski definition) is 1. The average Bonchev–Trinajstić information content (AvgIpc) is 3.15. The third kappa shape index (κ3) is 2.14. The minimum Gasteiger partial charge on any atom is -0.344 e. The molecule has 3 aromatic rings. The number of hydrogen-bond acceptors (Lipinski definition) is 3. The minimum absolute atomic E-state index is 0.0577. The molecule has 3 heterocycles. The van der Waals surface area contributed by atoms with Crippen molar-refractivity contribution in [3.05, 3.63) is 52.6 Å². The molecule has 122 valence electrons. The molecule has 1 atom stereocenters. The van der Waals surface area contributed by atoms with Gasteiger partial charge in [-0.1, -0.05) is 18.2 Å².